The highest BCUT2D eigenvalue weighted by molar-refractivity contribution is 9.10. The van der Waals surface area contributed by atoms with Crippen LogP contribution >= 0.6 is 15.9 Å². The second kappa shape index (κ2) is 5.96. The van der Waals surface area contributed by atoms with Crippen molar-refractivity contribution in [1.29, 1.82) is 0 Å². The van der Waals surface area contributed by atoms with E-state index < -0.39 is 5.82 Å². The zero-order chi connectivity index (χ0) is 16.6. The van der Waals surface area contributed by atoms with Crippen LogP contribution in [0, 0.1) is 5.82 Å². The van der Waals surface area contributed by atoms with Gasteiger partial charge in [0.05, 0.1) is 5.69 Å². The summed E-state index contributed by atoms with van der Waals surface area (Å²) < 4.78 is 13.5. The van der Waals surface area contributed by atoms with Gasteiger partial charge < -0.3 is 5.32 Å². The highest BCUT2D eigenvalue weighted by Gasteiger charge is 2.31. The van der Waals surface area contributed by atoms with Crippen LogP contribution in [0.25, 0.3) is 5.70 Å². The van der Waals surface area contributed by atoms with Crippen LogP contribution in [-0.4, -0.2) is 23.3 Å². The molecular weight excluding hydrogens is 363 g/mol. The fourth-order valence-corrected chi connectivity index (χ4v) is 2.88. The summed E-state index contributed by atoms with van der Waals surface area (Å²) in [6.07, 6.45) is 0. The van der Waals surface area contributed by atoms with Gasteiger partial charge in [-0.15, -0.1) is 0 Å². The van der Waals surface area contributed by atoms with Crippen LogP contribution in [0.3, 0.4) is 0 Å². The molecule has 23 heavy (non-hydrogen) atoms. The average molecular weight is 375 g/mol. The Morgan fingerprint density at radius 2 is 1.91 bits per heavy atom. The van der Waals surface area contributed by atoms with Gasteiger partial charge in [-0.05, 0) is 40.2 Å². The number of rotatable bonds is 3. The van der Waals surface area contributed by atoms with Gasteiger partial charge in [0.15, 0.2) is 0 Å². The van der Waals surface area contributed by atoms with Crippen molar-refractivity contribution in [3.05, 3.63) is 70.5 Å². The maximum Gasteiger partial charge on any atom is 0.259 e. The smallest absolute Gasteiger partial charge is 0.259 e. The number of fused-ring (bicyclic) bond motifs is 1. The molecule has 4 nitrogen and oxygen atoms in total. The number of nitrogens with zero attached hydrogens (tertiary/aromatic N) is 1. The first-order valence-corrected chi connectivity index (χ1v) is 7.62. The topological polar surface area (TPSA) is 49.4 Å². The van der Waals surface area contributed by atoms with Crippen LogP contribution in [0.5, 0.6) is 0 Å². The first-order chi connectivity index (χ1) is 11.0. The SMILES string of the molecule is C=C1c2ccccc2C(=O)N1CC(=O)Nc1ccc(F)cc1Br. The van der Waals surface area contributed by atoms with Gasteiger partial charge in [0.2, 0.25) is 5.91 Å². The lowest BCUT2D eigenvalue weighted by Gasteiger charge is -2.17. The van der Waals surface area contributed by atoms with Crippen LogP contribution in [0.4, 0.5) is 10.1 Å². The average Bonchev–Trinajstić information content (AvgIpc) is 2.76. The van der Waals surface area contributed by atoms with E-state index in [-0.39, 0.29) is 18.4 Å². The number of carbonyl (C=O) groups is 2. The van der Waals surface area contributed by atoms with Gasteiger partial charge in [0, 0.05) is 21.3 Å². The first-order valence-electron chi connectivity index (χ1n) is 6.82. The molecule has 0 saturated heterocycles. The van der Waals surface area contributed by atoms with Crippen molar-refractivity contribution in [2.45, 2.75) is 0 Å². The standard InChI is InChI=1S/C17H12BrFN2O2/c1-10-12-4-2-3-5-13(12)17(23)21(10)9-16(22)20-15-7-6-11(19)8-14(15)18/h2-8H,1,9H2,(H,20,22). The molecule has 0 radical (unpaired) electrons. The van der Waals surface area contributed by atoms with E-state index in [1.807, 2.05) is 6.07 Å². The number of amides is 2. The maximum atomic E-state index is 13.1. The lowest BCUT2D eigenvalue weighted by atomic mass is 10.1. The van der Waals surface area contributed by atoms with Crippen LogP contribution in [0.1, 0.15) is 15.9 Å². The Morgan fingerprint density at radius 1 is 1.22 bits per heavy atom. The minimum Gasteiger partial charge on any atom is -0.323 e. The molecule has 1 aliphatic rings. The van der Waals surface area contributed by atoms with E-state index in [4.69, 9.17) is 0 Å². The Hall–Kier alpha value is -2.47. The molecule has 0 aliphatic carbocycles. The Bertz CT molecular complexity index is 800. The van der Waals surface area contributed by atoms with Gasteiger partial charge in [0.25, 0.3) is 5.91 Å². The predicted octanol–water partition coefficient (Wildman–Crippen LogP) is 3.65. The van der Waals surface area contributed by atoms with Gasteiger partial charge in [-0.1, -0.05) is 24.8 Å². The molecule has 3 rings (SSSR count). The van der Waals surface area contributed by atoms with E-state index in [1.165, 1.54) is 23.1 Å². The third-order valence-corrected chi connectivity index (χ3v) is 4.20. The quantitative estimate of drug-likeness (QED) is 0.891. The first kappa shape index (κ1) is 15.4. The molecule has 0 fully saturated rings. The molecule has 1 heterocycles. The summed E-state index contributed by atoms with van der Waals surface area (Å²) in [5, 5.41) is 2.64. The minimum absolute atomic E-state index is 0.157. The van der Waals surface area contributed by atoms with E-state index >= 15 is 0 Å². The monoisotopic (exact) mass is 374 g/mol. The van der Waals surface area contributed by atoms with Gasteiger partial charge in [-0.2, -0.15) is 0 Å². The number of carbonyl (C=O) groups excluding carboxylic acids is 2. The van der Waals surface area contributed by atoms with Crippen molar-refractivity contribution in [2.24, 2.45) is 0 Å². The fraction of sp³-hybridized carbons (Fsp3) is 0.0588. The number of anilines is 1. The van der Waals surface area contributed by atoms with E-state index in [1.54, 1.807) is 18.2 Å². The predicted molar refractivity (Wildman–Crippen MR) is 89.2 cm³/mol. The summed E-state index contributed by atoms with van der Waals surface area (Å²) >= 11 is 3.18. The van der Waals surface area contributed by atoms with Gasteiger partial charge in [-0.25, -0.2) is 4.39 Å². The van der Waals surface area contributed by atoms with Crippen LogP contribution < -0.4 is 5.32 Å². The van der Waals surface area contributed by atoms with Crippen LogP contribution in [0.15, 0.2) is 53.5 Å². The van der Waals surface area contributed by atoms with Crippen molar-refractivity contribution >= 4 is 39.1 Å². The fourth-order valence-electron chi connectivity index (χ4n) is 2.43. The molecule has 116 valence electrons. The zero-order valence-corrected chi connectivity index (χ0v) is 13.6. The normalized spacial score (nSPS) is 13.2. The summed E-state index contributed by atoms with van der Waals surface area (Å²) in [6.45, 7) is 3.73. The van der Waals surface area contributed by atoms with Crippen LogP contribution in [0.2, 0.25) is 0 Å². The van der Waals surface area contributed by atoms with Crippen molar-refractivity contribution in [1.82, 2.24) is 4.90 Å². The van der Waals surface area contributed by atoms with Gasteiger partial charge >= 0.3 is 0 Å². The van der Waals surface area contributed by atoms with Crippen molar-refractivity contribution in [3.63, 3.8) is 0 Å². The second-order valence-corrected chi connectivity index (χ2v) is 5.91. The Kier molecular flexibility index (Phi) is 4.00. The summed E-state index contributed by atoms with van der Waals surface area (Å²) in [7, 11) is 0. The molecular formula is C17H12BrFN2O2. The zero-order valence-electron chi connectivity index (χ0n) is 12.0. The summed E-state index contributed by atoms with van der Waals surface area (Å²) in [6, 6.07) is 11.0. The second-order valence-electron chi connectivity index (χ2n) is 5.06. The number of benzene rings is 2. The summed E-state index contributed by atoms with van der Waals surface area (Å²) in [4.78, 5) is 25.9. The highest BCUT2D eigenvalue weighted by atomic mass is 79.9. The maximum absolute atomic E-state index is 13.1. The van der Waals surface area contributed by atoms with Crippen LogP contribution in [-0.2, 0) is 4.79 Å². The number of halogens is 2. The number of hydrogen-bond acceptors (Lipinski definition) is 2. The molecule has 0 bridgehead atoms. The lowest BCUT2D eigenvalue weighted by molar-refractivity contribution is -0.116. The molecule has 2 aromatic rings. The van der Waals surface area contributed by atoms with Crippen molar-refractivity contribution < 1.29 is 14.0 Å². The molecule has 6 heteroatoms. The molecule has 2 amide bonds. The van der Waals surface area contributed by atoms with Crippen molar-refractivity contribution in [3.8, 4) is 0 Å². The summed E-state index contributed by atoms with van der Waals surface area (Å²) in [5.41, 5.74) is 2.20. The Balaban J connectivity index is 1.74. The van der Waals surface area contributed by atoms with E-state index in [0.717, 1.165) is 5.56 Å². The summed E-state index contributed by atoms with van der Waals surface area (Å²) in [5.74, 6) is -1.05. The molecule has 0 saturated carbocycles. The molecule has 0 spiro atoms. The van der Waals surface area contributed by atoms with Gasteiger partial charge in [-0.3, -0.25) is 14.5 Å². The van der Waals surface area contributed by atoms with Crippen molar-refractivity contribution in [2.75, 3.05) is 11.9 Å². The molecule has 0 unspecified atom stereocenters. The largest absolute Gasteiger partial charge is 0.323 e. The Morgan fingerprint density at radius 3 is 2.57 bits per heavy atom. The molecule has 0 atom stereocenters. The van der Waals surface area contributed by atoms with Gasteiger partial charge in [0.1, 0.15) is 12.4 Å². The third kappa shape index (κ3) is 2.90. The van der Waals surface area contributed by atoms with E-state index in [2.05, 4.69) is 27.8 Å². The minimum atomic E-state index is -0.409. The highest BCUT2D eigenvalue weighted by Crippen LogP contribution is 2.31. The number of nitrogens with one attached hydrogen (secondary N) is 1. The molecule has 0 aromatic heterocycles. The number of hydrogen-bond donors (Lipinski definition) is 1. The molecule has 1 aliphatic heterocycles. The van der Waals surface area contributed by atoms with E-state index in [0.29, 0.717) is 21.4 Å². The Labute approximate surface area is 140 Å². The lowest BCUT2D eigenvalue weighted by Crippen LogP contribution is -2.32. The third-order valence-electron chi connectivity index (χ3n) is 3.55. The van der Waals surface area contributed by atoms with E-state index in [9.17, 15) is 14.0 Å². The molecule has 1 N–H and O–H groups in total. The molecule has 2 aromatic carbocycles.